The molecule has 1 amide bonds. The van der Waals surface area contributed by atoms with Crippen molar-refractivity contribution in [2.75, 3.05) is 35.4 Å². The summed E-state index contributed by atoms with van der Waals surface area (Å²) >= 11 is 0. The summed E-state index contributed by atoms with van der Waals surface area (Å²) in [6.07, 6.45) is 0. The number of halogens is 1. The molecule has 1 N–H and O–H groups in total. The molecule has 0 radical (unpaired) electrons. The monoisotopic (exact) mass is 440 g/mol. The van der Waals surface area contributed by atoms with Crippen LogP contribution in [0.1, 0.15) is 28.9 Å². The lowest BCUT2D eigenvalue weighted by molar-refractivity contribution is 0.0939. The summed E-state index contributed by atoms with van der Waals surface area (Å²) in [7, 11) is 2.98. The summed E-state index contributed by atoms with van der Waals surface area (Å²) in [5, 5.41) is 2.76. The Hall–Kier alpha value is -2.85. The van der Waals surface area contributed by atoms with Crippen molar-refractivity contribution >= 4 is 15.9 Å². The summed E-state index contributed by atoms with van der Waals surface area (Å²) in [5.41, 5.74) is 0.678. The Morgan fingerprint density at radius 1 is 1.03 bits per heavy atom. The summed E-state index contributed by atoms with van der Waals surface area (Å²) in [5.74, 6) is -0.230. The van der Waals surface area contributed by atoms with E-state index < -0.39 is 32.7 Å². The van der Waals surface area contributed by atoms with E-state index in [1.165, 1.54) is 41.5 Å². The SMILES string of the molecule is COc1cc(C(C)NC(=O)c2ccc(F)c(S(=O)(=O)N(C)C)c2)cc(OC)c1OC. The molecular weight excluding hydrogens is 415 g/mol. The van der Waals surface area contributed by atoms with E-state index in [0.29, 0.717) is 22.8 Å². The summed E-state index contributed by atoms with van der Waals surface area (Å²) in [6, 6.07) is 6.08. The molecule has 1 unspecified atom stereocenters. The van der Waals surface area contributed by atoms with Gasteiger partial charge in [0.05, 0.1) is 27.4 Å². The smallest absolute Gasteiger partial charge is 0.251 e. The van der Waals surface area contributed by atoms with Gasteiger partial charge in [0.2, 0.25) is 15.8 Å². The number of nitrogens with zero attached hydrogens (tertiary/aromatic N) is 1. The van der Waals surface area contributed by atoms with Crippen molar-refractivity contribution in [3.8, 4) is 17.2 Å². The largest absolute Gasteiger partial charge is 0.493 e. The fourth-order valence-corrected chi connectivity index (χ4v) is 3.74. The van der Waals surface area contributed by atoms with Gasteiger partial charge in [-0.05, 0) is 42.8 Å². The van der Waals surface area contributed by atoms with Gasteiger partial charge < -0.3 is 19.5 Å². The molecule has 30 heavy (non-hydrogen) atoms. The molecule has 1 atom stereocenters. The highest BCUT2D eigenvalue weighted by atomic mass is 32.2. The predicted octanol–water partition coefficient (Wildman–Crippen LogP) is 2.59. The molecule has 0 aromatic heterocycles. The standard InChI is InChI=1S/C20H25FN2O6S/c1-12(14-9-16(27-4)19(29-6)17(10-14)28-5)22-20(24)13-7-8-15(21)18(11-13)30(25,26)23(2)3/h7-12H,1-6H3,(H,22,24). The van der Waals surface area contributed by atoms with Gasteiger partial charge in [-0.2, -0.15) is 0 Å². The molecular formula is C20H25FN2O6S. The lowest BCUT2D eigenvalue weighted by atomic mass is 10.1. The van der Waals surface area contributed by atoms with E-state index >= 15 is 0 Å². The van der Waals surface area contributed by atoms with Crippen molar-refractivity contribution in [3.63, 3.8) is 0 Å². The fourth-order valence-electron chi connectivity index (χ4n) is 2.75. The van der Waals surface area contributed by atoms with E-state index in [4.69, 9.17) is 14.2 Å². The number of benzene rings is 2. The van der Waals surface area contributed by atoms with Crippen LogP contribution in [0.2, 0.25) is 0 Å². The van der Waals surface area contributed by atoms with Crippen LogP contribution in [-0.2, 0) is 10.0 Å². The number of hydrogen-bond donors (Lipinski definition) is 1. The number of carbonyl (C=O) groups is 1. The predicted molar refractivity (Wildman–Crippen MR) is 109 cm³/mol. The Morgan fingerprint density at radius 3 is 2.07 bits per heavy atom. The lowest BCUT2D eigenvalue weighted by Gasteiger charge is -2.19. The van der Waals surface area contributed by atoms with Crippen molar-refractivity contribution in [1.29, 1.82) is 0 Å². The normalized spacial score (nSPS) is 12.4. The molecule has 0 spiro atoms. The molecule has 164 valence electrons. The zero-order chi connectivity index (χ0) is 22.6. The van der Waals surface area contributed by atoms with Crippen LogP contribution in [0.3, 0.4) is 0 Å². The third-order valence-corrected chi connectivity index (χ3v) is 6.32. The van der Waals surface area contributed by atoms with Crippen LogP contribution in [0, 0.1) is 5.82 Å². The average molecular weight is 440 g/mol. The molecule has 2 aromatic carbocycles. The van der Waals surface area contributed by atoms with Crippen LogP contribution in [0.5, 0.6) is 17.2 Å². The molecule has 8 nitrogen and oxygen atoms in total. The number of hydrogen-bond acceptors (Lipinski definition) is 6. The van der Waals surface area contributed by atoms with Crippen molar-refractivity contribution in [2.24, 2.45) is 0 Å². The van der Waals surface area contributed by atoms with Crippen LogP contribution in [0.15, 0.2) is 35.2 Å². The molecule has 0 saturated carbocycles. The Morgan fingerprint density at radius 2 is 1.60 bits per heavy atom. The van der Waals surface area contributed by atoms with E-state index in [2.05, 4.69) is 5.32 Å². The number of rotatable bonds is 8. The first-order valence-corrected chi connectivity index (χ1v) is 10.3. The van der Waals surface area contributed by atoms with E-state index in [0.717, 1.165) is 16.4 Å². The third-order valence-electron chi connectivity index (χ3n) is 4.49. The number of methoxy groups -OCH3 is 3. The van der Waals surface area contributed by atoms with E-state index in [1.807, 2.05) is 0 Å². The van der Waals surface area contributed by atoms with Crippen molar-refractivity contribution in [1.82, 2.24) is 9.62 Å². The highest BCUT2D eigenvalue weighted by molar-refractivity contribution is 7.89. The molecule has 0 aliphatic rings. The van der Waals surface area contributed by atoms with E-state index in [1.54, 1.807) is 19.1 Å². The topological polar surface area (TPSA) is 94.2 Å². The highest BCUT2D eigenvalue weighted by Gasteiger charge is 2.24. The average Bonchev–Trinajstić information content (AvgIpc) is 2.72. The molecule has 0 bridgehead atoms. The highest BCUT2D eigenvalue weighted by Crippen LogP contribution is 2.39. The minimum atomic E-state index is -4.04. The summed E-state index contributed by atoms with van der Waals surface area (Å²) < 4.78 is 55.5. The number of sulfonamides is 1. The molecule has 0 saturated heterocycles. The van der Waals surface area contributed by atoms with Crippen molar-refractivity contribution in [2.45, 2.75) is 17.9 Å². The molecule has 2 rings (SSSR count). The summed E-state index contributed by atoms with van der Waals surface area (Å²) in [6.45, 7) is 1.74. The molecule has 2 aromatic rings. The number of nitrogens with one attached hydrogen (secondary N) is 1. The number of ether oxygens (including phenoxy) is 3. The minimum Gasteiger partial charge on any atom is -0.493 e. The van der Waals surface area contributed by atoms with Crippen molar-refractivity contribution in [3.05, 3.63) is 47.3 Å². The summed E-state index contributed by atoms with van der Waals surface area (Å²) in [4.78, 5) is 12.1. The first kappa shape index (κ1) is 23.4. The van der Waals surface area contributed by atoms with E-state index in [9.17, 15) is 17.6 Å². The van der Waals surface area contributed by atoms with Crippen molar-refractivity contribution < 1.29 is 31.8 Å². The number of amides is 1. The quantitative estimate of drug-likeness (QED) is 0.678. The first-order valence-electron chi connectivity index (χ1n) is 8.89. The van der Waals surface area contributed by atoms with Gasteiger partial charge in [0, 0.05) is 19.7 Å². The van der Waals surface area contributed by atoms with Crippen LogP contribution >= 0.6 is 0 Å². The maximum atomic E-state index is 14.1. The number of carbonyl (C=O) groups excluding carboxylic acids is 1. The molecule has 0 fully saturated rings. The van der Waals surface area contributed by atoms with Gasteiger partial charge >= 0.3 is 0 Å². The Bertz CT molecular complexity index is 1010. The zero-order valence-electron chi connectivity index (χ0n) is 17.6. The zero-order valence-corrected chi connectivity index (χ0v) is 18.5. The van der Waals surface area contributed by atoms with Gasteiger partial charge in [-0.25, -0.2) is 17.1 Å². The van der Waals surface area contributed by atoms with Crippen LogP contribution in [-0.4, -0.2) is 54.1 Å². The van der Waals surface area contributed by atoms with Gasteiger partial charge in [0.15, 0.2) is 11.5 Å². The molecule has 10 heteroatoms. The second kappa shape index (κ2) is 9.31. The molecule has 0 aliphatic heterocycles. The molecule has 0 heterocycles. The van der Waals surface area contributed by atoms with E-state index in [-0.39, 0.29) is 5.56 Å². The fraction of sp³-hybridized carbons (Fsp3) is 0.350. The lowest BCUT2D eigenvalue weighted by Crippen LogP contribution is -2.28. The van der Waals surface area contributed by atoms with Gasteiger partial charge in [-0.15, -0.1) is 0 Å². The Labute approximate surface area is 175 Å². The maximum absolute atomic E-state index is 14.1. The van der Waals surface area contributed by atoms with Gasteiger partial charge in [0.25, 0.3) is 5.91 Å². The second-order valence-corrected chi connectivity index (χ2v) is 8.71. The third kappa shape index (κ3) is 4.65. The van der Waals surface area contributed by atoms with Gasteiger partial charge in [0.1, 0.15) is 10.7 Å². The van der Waals surface area contributed by atoms with Gasteiger partial charge in [-0.1, -0.05) is 0 Å². The van der Waals surface area contributed by atoms with Crippen LogP contribution in [0.25, 0.3) is 0 Å². The first-order chi connectivity index (χ1) is 14.1. The minimum absolute atomic E-state index is 0.0103. The Kier molecular flexibility index (Phi) is 7.27. The van der Waals surface area contributed by atoms with Crippen LogP contribution in [0.4, 0.5) is 4.39 Å². The van der Waals surface area contributed by atoms with Gasteiger partial charge in [-0.3, -0.25) is 4.79 Å². The second-order valence-electron chi connectivity index (χ2n) is 6.59. The van der Waals surface area contributed by atoms with Crippen LogP contribution < -0.4 is 19.5 Å². The molecule has 0 aliphatic carbocycles. The Balaban J connectivity index is 2.35. The maximum Gasteiger partial charge on any atom is 0.251 e.